The standard InChI is InChI=1S/C10H15N3OS/c11-10(4-1-5-15-6-10)9-12-8(14-13-9)7-2-3-7/h7H,1-6,11H2. The van der Waals surface area contributed by atoms with Gasteiger partial charge in [-0.25, -0.2) is 0 Å². The molecule has 1 aromatic rings. The number of aromatic nitrogens is 2. The smallest absolute Gasteiger partial charge is 0.229 e. The van der Waals surface area contributed by atoms with Crippen molar-refractivity contribution in [3.8, 4) is 0 Å². The van der Waals surface area contributed by atoms with Gasteiger partial charge in [-0.05, 0) is 31.4 Å². The molecule has 2 aliphatic rings. The van der Waals surface area contributed by atoms with Crippen molar-refractivity contribution < 1.29 is 4.52 Å². The Balaban J connectivity index is 1.83. The van der Waals surface area contributed by atoms with E-state index in [9.17, 15) is 0 Å². The second-order valence-electron chi connectivity index (χ2n) is 4.54. The molecule has 1 aliphatic heterocycles. The van der Waals surface area contributed by atoms with Crippen molar-refractivity contribution in [2.75, 3.05) is 11.5 Å². The molecule has 0 spiro atoms. The molecule has 2 N–H and O–H groups in total. The lowest BCUT2D eigenvalue weighted by atomic mass is 9.96. The summed E-state index contributed by atoms with van der Waals surface area (Å²) in [6.07, 6.45) is 4.50. The zero-order valence-corrected chi connectivity index (χ0v) is 9.42. The molecule has 1 unspecified atom stereocenters. The number of rotatable bonds is 2. The van der Waals surface area contributed by atoms with E-state index in [0.29, 0.717) is 5.92 Å². The Bertz CT molecular complexity index is 355. The first kappa shape index (κ1) is 9.66. The van der Waals surface area contributed by atoms with Gasteiger partial charge in [0.25, 0.3) is 0 Å². The quantitative estimate of drug-likeness (QED) is 0.828. The van der Waals surface area contributed by atoms with Crippen molar-refractivity contribution in [3.63, 3.8) is 0 Å². The fraction of sp³-hybridized carbons (Fsp3) is 0.800. The van der Waals surface area contributed by atoms with Crippen LogP contribution in [0.15, 0.2) is 4.52 Å². The fourth-order valence-corrected chi connectivity index (χ4v) is 3.06. The Hall–Kier alpha value is -0.550. The zero-order chi connectivity index (χ0) is 10.3. The molecule has 2 heterocycles. The van der Waals surface area contributed by atoms with Crippen molar-refractivity contribution >= 4 is 11.8 Å². The van der Waals surface area contributed by atoms with Crippen LogP contribution in [0, 0.1) is 0 Å². The third-order valence-electron chi connectivity index (χ3n) is 3.08. The van der Waals surface area contributed by atoms with Crippen LogP contribution in [0.2, 0.25) is 0 Å². The number of nitrogens with zero attached hydrogens (tertiary/aromatic N) is 2. The van der Waals surface area contributed by atoms with Gasteiger partial charge in [0.1, 0.15) is 0 Å². The second kappa shape index (κ2) is 3.49. The van der Waals surface area contributed by atoms with Gasteiger partial charge in [-0.1, -0.05) is 5.16 Å². The van der Waals surface area contributed by atoms with Crippen LogP contribution < -0.4 is 5.73 Å². The van der Waals surface area contributed by atoms with Gasteiger partial charge in [0.15, 0.2) is 5.82 Å². The highest BCUT2D eigenvalue weighted by Gasteiger charge is 2.37. The summed E-state index contributed by atoms with van der Waals surface area (Å²) >= 11 is 1.88. The molecule has 1 aliphatic carbocycles. The maximum Gasteiger partial charge on any atom is 0.229 e. The lowest BCUT2D eigenvalue weighted by molar-refractivity contribution is 0.348. The van der Waals surface area contributed by atoms with Crippen molar-refractivity contribution in [3.05, 3.63) is 11.7 Å². The van der Waals surface area contributed by atoms with Crippen LogP contribution in [0.25, 0.3) is 0 Å². The van der Waals surface area contributed by atoms with Crippen LogP contribution in [-0.4, -0.2) is 21.6 Å². The first-order valence-corrected chi connectivity index (χ1v) is 6.64. The van der Waals surface area contributed by atoms with Crippen molar-refractivity contribution in [2.24, 2.45) is 5.73 Å². The van der Waals surface area contributed by atoms with E-state index < -0.39 is 0 Å². The summed E-state index contributed by atoms with van der Waals surface area (Å²) in [5.74, 6) is 4.15. The van der Waals surface area contributed by atoms with Gasteiger partial charge in [-0.2, -0.15) is 16.7 Å². The average Bonchev–Trinajstić information content (AvgIpc) is 2.97. The first-order valence-electron chi connectivity index (χ1n) is 5.49. The Labute approximate surface area is 93.0 Å². The summed E-state index contributed by atoms with van der Waals surface area (Å²) in [5.41, 5.74) is 5.96. The predicted molar refractivity (Wildman–Crippen MR) is 58.7 cm³/mol. The fourth-order valence-electron chi connectivity index (χ4n) is 1.93. The van der Waals surface area contributed by atoms with E-state index in [-0.39, 0.29) is 5.54 Å². The molecule has 0 aromatic carbocycles. The number of nitrogens with two attached hydrogens (primary N) is 1. The summed E-state index contributed by atoms with van der Waals surface area (Å²) in [4.78, 5) is 4.45. The van der Waals surface area contributed by atoms with Gasteiger partial charge < -0.3 is 10.3 Å². The van der Waals surface area contributed by atoms with Crippen LogP contribution in [-0.2, 0) is 5.54 Å². The second-order valence-corrected chi connectivity index (χ2v) is 5.65. The minimum Gasteiger partial charge on any atom is -0.339 e. The van der Waals surface area contributed by atoms with Gasteiger partial charge in [0.05, 0.1) is 5.54 Å². The topological polar surface area (TPSA) is 64.9 Å². The van der Waals surface area contributed by atoms with Gasteiger partial charge >= 0.3 is 0 Å². The summed E-state index contributed by atoms with van der Waals surface area (Å²) in [5, 5.41) is 4.05. The van der Waals surface area contributed by atoms with E-state index in [1.165, 1.54) is 18.6 Å². The van der Waals surface area contributed by atoms with E-state index in [2.05, 4.69) is 10.1 Å². The highest BCUT2D eigenvalue weighted by atomic mass is 32.2. The zero-order valence-electron chi connectivity index (χ0n) is 8.61. The van der Waals surface area contributed by atoms with Gasteiger partial charge in [-0.3, -0.25) is 0 Å². The summed E-state index contributed by atoms with van der Waals surface area (Å²) < 4.78 is 5.26. The first-order chi connectivity index (χ1) is 7.28. The van der Waals surface area contributed by atoms with Crippen LogP contribution in [0.5, 0.6) is 0 Å². The molecule has 1 atom stereocenters. The Morgan fingerprint density at radius 2 is 2.33 bits per heavy atom. The lowest BCUT2D eigenvalue weighted by Crippen LogP contribution is -2.42. The molecule has 15 heavy (non-hydrogen) atoms. The molecule has 2 fully saturated rings. The normalized spacial score (nSPS) is 31.8. The van der Waals surface area contributed by atoms with Crippen molar-refractivity contribution in [1.82, 2.24) is 10.1 Å². The molecular weight excluding hydrogens is 210 g/mol. The van der Waals surface area contributed by atoms with E-state index in [0.717, 1.165) is 30.3 Å². The van der Waals surface area contributed by atoms with Gasteiger partial charge in [-0.15, -0.1) is 0 Å². The Kier molecular flexibility index (Phi) is 2.25. The molecule has 0 bridgehead atoms. The van der Waals surface area contributed by atoms with Crippen LogP contribution in [0.4, 0.5) is 0 Å². The minimum absolute atomic E-state index is 0.348. The van der Waals surface area contributed by atoms with Crippen molar-refractivity contribution in [1.29, 1.82) is 0 Å². The van der Waals surface area contributed by atoms with Crippen LogP contribution in [0.1, 0.15) is 43.3 Å². The molecular formula is C10H15N3OS. The van der Waals surface area contributed by atoms with Gasteiger partial charge in [0.2, 0.25) is 5.89 Å². The third-order valence-corrected chi connectivity index (χ3v) is 4.38. The highest BCUT2D eigenvalue weighted by Crippen LogP contribution is 2.40. The van der Waals surface area contributed by atoms with E-state index >= 15 is 0 Å². The monoisotopic (exact) mass is 225 g/mol. The SMILES string of the molecule is NC1(c2noc(C3CC3)n2)CCCSC1. The molecule has 3 rings (SSSR count). The average molecular weight is 225 g/mol. The molecule has 0 radical (unpaired) electrons. The molecule has 1 saturated carbocycles. The largest absolute Gasteiger partial charge is 0.339 e. The minimum atomic E-state index is -0.348. The molecule has 82 valence electrons. The van der Waals surface area contributed by atoms with Crippen LogP contribution in [0.3, 0.4) is 0 Å². The number of thioether (sulfide) groups is 1. The van der Waals surface area contributed by atoms with E-state index in [4.69, 9.17) is 10.3 Å². The summed E-state index contributed by atoms with van der Waals surface area (Å²) in [7, 11) is 0. The molecule has 1 aromatic heterocycles. The molecule has 4 nitrogen and oxygen atoms in total. The summed E-state index contributed by atoms with van der Waals surface area (Å²) in [6.45, 7) is 0. The predicted octanol–water partition coefficient (Wildman–Crippen LogP) is 1.63. The van der Waals surface area contributed by atoms with Crippen LogP contribution >= 0.6 is 11.8 Å². The highest BCUT2D eigenvalue weighted by molar-refractivity contribution is 7.99. The number of hydrogen-bond donors (Lipinski definition) is 1. The van der Waals surface area contributed by atoms with E-state index in [1.807, 2.05) is 11.8 Å². The third kappa shape index (κ3) is 1.78. The summed E-state index contributed by atoms with van der Waals surface area (Å²) in [6, 6.07) is 0. The Morgan fingerprint density at radius 3 is 3.00 bits per heavy atom. The van der Waals surface area contributed by atoms with Crippen molar-refractivity contribution in [2.45, 2.75) is 37.1 Å². The maximum atomic E-state index is 6.31. The van der Waals surface area contributed by atoms with E-state index in [1.54, 1.807) is 0 Å². The molecule has 1 saturated heterocycles. The number of hydrogen-bond acceptors (Lipinski definition) is 5. The molecule has 5 heteroatoms. The lowest BCUT2D eigenvalue weighted by Gasteiger charge is -2.29. The maximum absolute atomic E-state index is 6.31. The van der Waals surface area contributed by atoms with Gasteiger partial charge in [0, 0.05) is 11.7 Å². The molecule has 0 amide bonds. The Morgan fingerprint density at radius 1 is 1.47 bits per heavy atom.